The van der Waals surface area contributed by atoms with Gasteiger partial charge in [-0.25, -0.2) is 13.1 Å². The van der Waals surface area contributed by atoms with Crippen molar-refractivity contribution in [2.45, 2.75) is 46.5 Å². The first-order valence-corrected chi connectivity index (χ1v) is 11.2. The molecule has 0 bridgehead atoms. The zero-order valence-electron chi connectivity index (χ0n) is 17.0. The average molecular weight is 385 g/mol. The molecule has 0 atom stereocenters. The molecule has 0 aromatic heterocycles. The van der Waals surface area contributed by atoms with Crippen LogP contribution in [0.15, 0.2) is 24.3 Å². The van der Waals surface area contributed by atoms with E-state index in [1.54, 1.807) is 0 Å². The molecule has 0 radical (unpaired) electrons. The van der Waals surface area contributed by atoms with Crippen molar-refractivity contribution >= 4 is 10.0 Å². The van der Waals surface area contributed by atoms with E-state index in [-0.39, 0.29) is 11.2 Å². The number of rotatable bonds is 12. The lowest BCUT2D eigenvalue weighted by Crippen LogP contribution is -2.31. The molecule has 0 aliphatic rings. The molecule has 1 rings (SSSR count). The summed E-state index contributed by atoms with van der Waals surface area (Å²) in [6, 6.07) is 8.21. The number of aryl methyl sites for hydroxylation is 1. The summed E-state index contributed by atoms with van der Waals surface area (Å²) in [6.45, 7) is 15.0. The smallest absolute Gasteiger partial charge is 0.211 e. The van der Waals surface area contributed by atoms with Crippen LogP contribution >= 0.6 is 0 Å². The van der Waals surface area contributed by atoms with Crippen molar-refractivity contribution in [3.8, 4) is 0 Å². The monoisotopic (exact) mass is 384 g/mol. The highest BCUT2D eigenvalue weighted by Gasteiger charge is 2.14. The first kappa shape index (κ1) is 23.1. The van der Waals surface area contributed by atoms with Crippen LogP contribution in [-0.2, 0) is 26.6 Å². The van der Waals surface area contributed by atoms with Gasteiger partial charge in [0.15, 0.2) is 0 Å². The molecule has 0 heterocycles. The number of benzene rings is 1. The second-order valence-electron chi connectivity index (χ2n) is 7.55. The molecule has 0 fully saturated rings. The average Bonchev–Trinajstić information content (AvgIpc) is 2.59. The quantitative estimate of drug-likeness (QED) is 0.563. The third-order valence-electron chi connectivity index (χ3n) is 4.49. The largest absolute Gasteiger partial charge is 0.379 e. The first-order valence-electron chi connectivity index (χ1n) is 9.54. The van der Waals surface area contributed by atoms with Crippen molar-refractivity contribution in [3.05, 3.63) is 35.4 Å². The van der Waals surface area contributed by atoms with E-state index in [0.29, 0.717) is 26.2 Å². The lowest BCUT2D eigenvalue weighted by molar-refractivity contribution is 0.111. The summed E-state index contributed by atoms with van der Waals surface area (Å²) in [5.41, 5.74) is 2.40. The molecule has 0 amide bonds. The predicted molar refractivity (Wildman–Crippen MR) is 109 cm³/mol. The van der Waals surface area contributed by atoms with Crippen molar-refractivity contribution in [1.29, 1.82) is 0 Å². The van der Waals surface area contributed by atoms with Crippen LogP contribution in [0.5, 0.6) is 0 Å². The standard InChI is InChI=1S/C20H36N2O3S/c1-6-22(7-2)14-16-25-15-13-21-26(23,24)17-12-18-8-10-19(11-9-18)20(3,4)5/h8-11,21H,6-7,12-17H2,1-5H3. The van der Waals surface area contributed by atoms with Crippen molar-refractivity contribution in [1.82, 2.24) is 9.62 Å². The Morgan fingerprint density at radius 1 is 1.04 bits per heavy atom. The molecule has 5 nitrogen and oxygen atoms in total. The Morgan fingerprint density at radius 3 is 2.19 bits per heavy atom. The second kappa shape index (κ2) is 11.0. The number of nitrogens with zero attached hydrogens (tertiary/aromatic N) is 1. The maximum absolute atomic E-state index is 12.1. The molecule has 150 valence electrons. The number of hydrogen-bond donors (Lipinski definition) is 1. The SMILES string of the molecule is CCN(CC)CCOCCNS(=O)(=O)CCc1ccc(C(C)(C)C)cc1. The molecule has 1 aromatic carbocycles. The third kappa shape index (κ3) is 9.12. The van der Waals surface area contributed by atoms with Gasteiger partial charge in [0.2, 0.25) is 10.0 Å². The number of likely N-dealkylation sites (N-methyl/N-ethyl adjacent to an activating group) is 1. The molecule has 0 aliphatic carbocycles. The summed E-state index contributed by atoms with van der Waals surface area (Å²) >= 11 is 0. The summed E-state index contributed by atoms with van der Waals surface area (Å²) in [6.07, 6.45) is 0.516. The van der Waals surface area contributed by atoms with Gasteiger partial charge in [0.05, 0.1) is 19.0 Å². The molecule has 0 saturated heterocycles. The Labute approximate surface area is 160 Å². The molecule has 0 spiro atoms. The van der Waals surface area contributed by atoms with E-state index in [2.05, 4.69) is 56.4 Å². The van der Waals surface area contributed by atoms with Crippen LogP contribution in [0.2, 0.25) is 0 Å². The molecule has 26 heavy (non-hydrogen) atoms. The highest BCUT2D eigenvalue weighted by molar-refractivity contribution is 7.89. The van der Waals surface area contributed by atoms with Crippen LogP contribution in [0, 0.1) is 0 Å². The zero-order chi connectivity index (χ0) is 19.6. The number of hydrogen-bond acceptors (Lipinski definition) is 4. The van der Waals surface area contributed by atoms with Crippen LogP contribution in [0.25, 0.3) is 0 Å². The van der Waals surface area contributed by atoms with Crippen LogP contribution < -0.4 is 4.72 Å². The summed E-state index contributed by atoms with van der Waals surface area (Å²) in [5.74, 6) is 0.0985. The van der Waals surface area contributed by atoms with E-state index in [1.807, 2.05) is 12.1 Å². The van der Waals surface area contributed by atoms with Gasteiger partial charge in [-0.1, -0.05) is 58.9 Å². The topological polar surface area (TPSA) is 58.6 Å². The maximum Gasteiger partial charge on any atom is 0.211 e. The van der Waals surface area contributed by atoms with Gasteiger partial charge in [-0.05, 0) is 36.1 Å². The lowest BCUT2D eigenvalue weighted by atomic mass is 9.86. The van der Waals surface area contributed by atoms with E-state index in [0.717, 1.165) is 25.2 Å². The normalized spacial score (nSPS) is 12.7. The molecule has 1 aromatic rings. The van der Waals surface area contributed by atoms with Crippen molar-refractivity contribution in [2.75, 3.05) is 45.1 Å². The van der Waals surface area contributed by atoms with E-state index < -0.39 is 10.0 Å². The number of nitrogens with one attached hydrogen (secondary N) is 1. The van der Waals surface area contributed by atoms with Crippen LogP contribution in [0.3, 0.4) is 0 Å². The fourth-order valence-electron chi connectivity index (χ4n) is 2.60. The Balaban J connectivity index is 2.27. The highest BCUT2D eigenvalue weighted by Crippen LogP contribution is 2.22. The Bertz CT molecular complexity index is 603. The molecule has 0 saturated carbocycles. The summed E-state index contributed by atoms with van der Waals surface area (Å²) < 4.78 is 32.3. The summed E-state index contributed by atoms with van der Waals surface area (Å²) in [5, 5.41) is 0. The van der Waals surface area contributed by atoms with E-state index >= 15 is 0 Å². The van der Waals surface area contributed by atoms with Gasteiger partial charge in [0.1, 0.15) is 0 Å². The van der Waals surface area contributed by atoms with Gasteiger partial charge in [0.25, 0.3) is 0 Å². The minimum absolute atomic E-state index is 0.0985. The third-order valence-corrected chi connectivity index (χ3v) is 5.88. The molecule has 6 heteroatoms. The van der Waals surface area contributed by atoms with Gasteiger partial charge in [-0.15, -0.1) is 0 Å². The minimum Gasteiger partial charge on any atom is -0.379 e. The summed E-state index contributed by atoms with van der Waals surface area (Å²) in [7, 11) is -3.27. The van der Waals surface area contributed by atoms with Crippen LogP contribution in [0.4, 0.5) is 0 Å². The molecule has 1 N–H and O–H groups in total. The van der Waals surface area contributed by atoms with Crippen LogP contribution in [-0.4, -0.2) is 58.5 Å². The van der Waals surface area contributed by atoms with Gasteiger partial charge < -0.3 is 9.64 Å². The van der Waals surface area contributed by atoms with E-state index in [4.69, 9.17) is 4.74 Å². The van der Waals surface area contributed by atoms with Crippen molar-refractivity contribution in [2.24, 2.45) is 0 Å². The number of sulfonamides is 1. The Morgan fingerprint density at radius 2 is 1.65 bits per heavy atom. The van der Waals surface area contributed by atoms with Gasteiger partial charge in [-0.2, -0.15) is 0 Å². The predicted octanol–water partition coefficient (Wildman–Crippen LogP) is 2.80. The second-order valence-corrected chi connectivity index (χ2v) is 9.48. The fourth-order valence-corrected chi connectivity index (χ4v) is 3.64. The van der Waals surface area contributed by atoms with Gasteiger partial charge in [0, 0.05) is 13.1 Å². The summed E-state index contributed by atoms with van der Waals surface area (Å²) in [4.78, 5) is 2.27. The molecular formula is C20H36N2O3S. The molecule has 0 unspecified atom stereocenters. The van der Waals surface area contributed by atoms with Crippen LogP contribution in [0.1, 0.15) is 45.7 Å². The first-order chi connectivity index (χ1) is 12.2. The Hall–Kier alpha value is -0.950. The van der Waals surface area contributed by atoms with Crippen molar-refractivity contribution in [3.63, 3.8) is 0 Å². The maximum atomic E-state index is 12.1. The molecule has 0 aliphatic heterocycles. The van der Waals surface area contributed by atoms with Crippen molar-refractivity contribution < 1.29 is 13.2 Å². The number of ether oxygens (including phenoxy) is 1. The fraction of sp³-hybridized carbons (Fsp3) is 0.700. The molecular weight excluding hydrogens is 348 g/mol. The lowest BCUT2D eigenvalue weighted by Gasteiger charge is -2.19. The van der Waals surface area contributed by atoms with Gasteiger partial charge >= 0.3 is 0 Å². The van der Waals surface area contributed by atoms with E-state index in [9.17, 15) is 8.42 Å². The zero-order valence-corrected chi connectivity index (χ0v) is 17.9. The minimum atomic E-state index is -3.27. The van der Waals surface area contributed by atoms with Gasteiger partial charge in [-0.3, -0.25) is 0 Å². The van der Waals surface area contributed by atoms with E-state index in [1.165, 1.54) is 5.56 Å². The Kier molecular flexibility index (Phi) is 9.79. The highest BCUT2D eigenvalue weighted by atomic mass is 32.2.